The van der Waals surface area contributed by atoms with Gasteiger partial charge < -0.3 is 16.0 Å². The van der Waals surface area contributed by atoms with Gasteiger partial charge in [0, 0.05) is 36.9 Å². The number of anilines is 1. The van der Waals surface area contributed by atoms with Crippen molar-refractivity contribution in [2.24, 2.45) is 22.6 Å². The first-order chi connectivity index (χ1) is 19.2. The number of fused-ring (bicyclic) bond motifs is 1. The van der Waals surface area contributed by atoms with Crippen LogP contribution < -0.4 is 16.0 Å². The Balaban J connectivity index is 0.000000696. The summed E-state index contributed by atoms with van der Waals surface area (Å²) in [6.45, 7) is 2.22. The number of carbonyl (C=O) groups excluding carboxylic acids is 3. The largest absolute Gasteiger partial charge is 0.388 e. The van der Waals surface area contributed by atoms with Gasteiger partial charge in [-0.1, -0.05) is 55.5 Å². The summed E-state index contributed by atoms with van der Waals surface area (Å²) in [5.41, 5.74) is 7.87. The van der Waals surface area contributed by atoms with Crippen LogP contribution in [0.15, 0.2) is 59.6 Å². The van der Waals surface area contributed by atoms with Gasteiger partial charge in [0.15, 0.2) is 0 Å². The maximum Gasteiger partial charge on any atom is 0.388 e. The number of benzodiazepines with no additional fused rings is 1. The van der Waals surface area contributed by atoms with Gasteiger partial charge in [-0.15, -0.1) is 0 Å². The van der Waals surface area contributed by atoms with Crippen LogP contribution in [-0.4, -0.2) is 48.2 Å². The molecular formula is C29H33F5N4O3. The molecule has 1 heterocycles. The average molecular weight is 581 g/mol. The first kappa shape index (κ1) is 31.7. The van der Waals surface area contributed by atoms with Crippen molar-refractivity contribution in [3.63, 3.8) is 0 Å². The second-order valence-electron chi connectivity index (χ2n) is 10.3. The third-order valence-electron chi connectivity index (χ3n) is 6.50. The number of para-hydroxylation sites is 1. The number of hydrogen-bond acceptors (Lipinski definition) is 4. The molecule has 2 atom stereocenters. The van der Waals surface area contributed by atoms with Gasteiger partial charge >= 0.3 is 6.18 Å². The van der Waals surface area contributed by atoms with Crippen LogP contribution in [0.3, 0.4) is 0 Å². The molecule has 222 valence electrons. The highest BCUT2D eigenvalue weighted by Gasteiger charge is 2.38. The SMILES string of the molecule is CC(F)(F)CC(CC(N)=O)C(=O)NC1N=C(c2ccccc2)c2ccccc2N(CC2CC2)C1=O.CCC(F)(F)F. The summed E-state index contributed by atoms with van der Waals surface area (Å²) in [5, 5.41) is 2.54. The smallest absolute Gasteiger partial charge is 0.370 e. The number of hydrogen-bond donors (Lipinski definition) is 2. The molecule has 3 N–H and O–H groups in total. The van der Waals surface area contributed by atoms with E-state index in [1.807, 2.05) is 54.6 Å². The van der Waals surface area contributed by atoms with Crippen molar-refractivity contribution < 1.29 is 36.3 Å². The molecule has 1 fully saturated rings. The summed E-state index contributed by atoms with van der Waals surface area (Å²) in [6.07, 6.45) is -5.46. The number of nitrogens with one attached hydrogen (secondary N) is 1. The van der Waals surface area contributed by atoms with Crippen LogP contribution in [0.5, 0.6) is 0 Å². The molecule has 0 spiro atoms. The Morgan fingerprint density at radius 3 is 2.17 bits per heavy atom. The minimum Gasteiger partial charge on any atom is -0.370 e. The van der Waals surface area contributed by atoms with Crippen LogP contribution in [0.4, 0.5) is 27.6 Å². The van der Waals surface area contributed by atoms with Crippen molar-refractivity contribution >= 4 is 29.1 Å². The van der Waals surface area contributed by atoms with Crippen LogP contribution in [0.1, 0.15) is 57.1 Å². The Bertz CT molecular complexity index is 1260. The Hall–Kier alpha value is -3.83. The molecule has 0 bridgehead atoms. The molecule has 2 aromatic rings. The van der Waals surface area contributed by atoms with E-state index in [2.05, 4.69) is 10.3 Å². The van der Waals surface area contributed by atoms with Crippen LogP contribution in [0, 0.1) is 11.8 Å². The molecule has 3 amide bonds. The Kier molecular flexibility index (Phi) is 10.2. The number of benzene rings is 2. The number of primary amides is 1. The fourth-order valence-electron chi connectivity index (χ4n) is 4.28. The lowest BCUT2D eigenvalue weighted by atomic mass is 9.96. The lowest BCUT2D eigenvalue weighted by Crippen LogP contribution is -2.50. The van der Waals surface area contributed by atoms with E-state index >= 15 is 0 Å². The molecule has 4 rings (SSSR count). The van der Waals surface area contributed by atoms with Gasteiger partial charge in [-0.3, -0.25) is 14.4 Å². The van der Waals surface area contributed by atoms with Gasteiger partial charge in [-0.25, -0.2) is 13.8 Å². The zero-order valence-corrected chi connectivity index (χ0v) is 22.8. The Morgan fingerprint density at radius 1 is 1.05 bits per heavy atom. The number of halogens is 5. The highest BCUT2D eigenvalue weighted by Crippen LogP contribution is 2.35. The van der Waals surface area contributed by atoms with Gasteiger partial charge in [-0.05, 0) is 31.7 Å². The fourth-order valence-corrected chi connectivity index (χ4v) is 4.28. The molecule has 0 radical (unpaired) electrons. The van der Waals surface area contributed by atoms with Crippen molar-refractivity contribution in [3.05, 3.63) is 65.7 Å². The van der Waals surface area contributed by atoms with Crippen molar-refractivity contribution in [3.8, 4) is 0 Å². The first-order valence-electron chi connectivity index (χ1n) is 13.3. The molecule has 1 aliphatic carbocycles. The Morgan fingerprint density at radius 2 is 1.63 bits per heavy atom. The molecule has 2 unspecified atom stereocenters. The summed E-state index contributed by atoms with van der Waals surface area (Å²) in [4.78, 5) is 44.5. The lowest BCUT2D eigenvalue weighted by Gasteiger charge is -2.26. The van der Waals surface area contributed by atoms with Gasteiger partial charge in [0.05, 0.1) is 17.3 Å². The number of carbonyl (C=O) groups is 3. The minimum absolute atomic E-state index is 0.350. The minimum atomic E-state index is -3.96. The molecule has 2 aromatic carbocycles. The van der Waals surface area contributed by atoms with E-state index in [9.17, 15) is 36.3 Å². The van der Waals surface area contributed by atoms with E-state index in [1.54, 1.807) is 4.90 Å². The zero-order valence-electron chi connectivity index (χ0n) is 22.8. The average Bonchev–Trinajstić information content (AvgIpc) is 3.73. The monoisotopic (exact) mass is 580 g/mol. The zero-order chi connectivity index (χ0) is 30.4. The van der Waals surface area contributed by atoms with Crippen LogP contribution in [0.2, 0.25) is 0 Å². The highest BCUT2D eigenvalue weighted by molar-refractivity contribution is 6.20. The van der Waals surface area contributed by atoms with Crippen molar-refractivity contribution in [2.45, 2.75) is 64.2 Å². The second kappa shape index (κ2) is 13.2. The topological polar surface area (TPSA) is 105 Å². The molecular weight excluding hydrogens is 547 g/mol. The van der Waals surface area contributed by atoms with Gasteiger partial charge in [-0.2, -0.15) is 13.2 Å². The molecule has 1 saturated carbocycles. The first-order valence-corrected chi connectivity index (χ1v) is 13.3. The predicted molar refractivity (Wildman–Crippen MR) is 144 cm³/mol. The van der Waals surface area contributed by atoms with Gasteiger partial charge in [0.2, 0.25) is 23.9 Å². The number of nitrogens with zero attached hydrogens (tertiary/aromatic N) is 2. The van der Waals surface area contributed by atoms with Crippen LogP contribution >= 0.6 is 0 Å². The molecule has 0 saturated heterocycles. The molecule has 7 nitrogen and oxygen atoms in total. The maximum atomic E-state index is 13.7. The molecule has 0 aromatic heterocycles. The van der Waals surface area contributed by atoms with E-state index in [0.29, 0.717) is 30.8 Å². The second-order valence-corrected chi connectivity index (χ2v) is 10.3. The van der Waals surface area contributed by atoms with Crippen molar-refractivity contribution in [1.29, 1.82) is 0 Å². The molecule has 1 aliphatic heterocycles. The standard InChI is InChI=1S/C26H28F2N4O3.C3H5F3/c1-26(27,28)14-18(13-21(29)33)24(34)31-23-25(35)32(15-16-11-12-16)20-10-6-5-9-19(20)22(30-23)17-7-3-2-4-8-17;1-2-3(4,5)6/h2-10,16,18,23H,11-15H2,1H3,(H2,29,33)(H,31,34);2H2,1H3. The number of alkyl halides is 5. The summed E-state index contributed by atoms with van der Waals surface area (Å²) >= 11 is 0. The van der Waals surface area contributed by atoms with E-state index < -0.39 is 61.2 Å². The van der Waals surface area contributed by atoms with E-state index in [1.165, 1.54) is 0 Å². The summed E-state index contributed by atoms with van der Waals surface area (Å²) in [5.74, 6) is -6.43. The molecule has 12 heteroatoms. The van der Waals surface area contributed by atoms with E-state index in [4.69, 9.17) is 5.73 Å². The fraction of sp³-hybridized carbons (Fsp3) is 0.448. The third-order valence-corrected chi connectivity index (χ3v) is 6.50. The van der Waals surface area contributed by atoms with Crippen molar-refractivity contribution in [1.82, 2.24) is 5.32 Å². The third kappa shape index (κ3) is 9.65. The van der Waals surface area contributed by atoms with Gasteiger partial charge in [0.25, 0.3) is 5.91 Å². The quantitative estimate of drug-likeness (QED) is 0.398. The summed E-state index contributed by atoms with van der Waals surface area (Å²) in [6, 6.07) is 16.6. The summed E-state index contributed by atoms with van der Waals surface area (Å²) < 4.78 is 59.8. The Labute approximate surface area is 235 Å². The summed E-state index contributed by atoms with van der Waals surface area (Å²) in [7, 11) is 0. The predicted octanol–water partition coefficient (Wildman–Crippen LogP) is 5.22. The number of amides is 3. The normalized spacial score (nSPS) is 17.8. The maximum absolute atomic E-state index is 13.7. The highest BCUT2D eigenvalue weighted by atomic mass is 19.4. The number of aliphatic imine (C=N–C) groups is 1. The lowest BCUT2D eigenvalue weighted by molar-refractivity contribution is -0.134. The van der Waals surface area contributed by atoms with Crippen molar-refractivity contribution in [2.75, 3.05) is 11.4 Å². The number of rotatable bonds is 9. The van der Waals surface area contributed by atoms with Crippen LogP contribution in [-0.2, 0) is 14.4 Å². The van der Waals surface area contributed by atoms with E-state index in [0.717, 1.165) is 30.9 Å². The molecule has 41 heavy (non-hydrogen) atoms. The van der Waals surface area contributed by atoms with Gasteiger partial charge in [0.1, 0.15) is 0 Å². The van der Waals surface area contributed by atoms with Crippen LogP contribution in [0.25, 0.3) is 0 Å². The number of nitrogens with two attached hydrogens (primary N) is 1. The molecule has 2 aliphatic rings. The van der Waals surface area contributed by atoms with E-state index in [-0.39, 0.29) is 0 Å².